The summed E-state index contributed by atoms with van der Waals surface area (Å²) in [5, 5.41) is 2.83. The number of carbonyl (C=O) groups excluding carboxylic acids is 1. The Balaban J connectivity index is 1.99. The van der Waals surface area contributed by atoms with Gasteiger partial charge in [0, 0.05) is 25.0 Å². The van der Waals surface area contributed by atoms with Crippen LogP contribution in [-0.2, 0) is 4.74 Å². The first-order valence-corrected chi connectivity index (χ1v) is 6.09. The van der Waals surface area contributed by atoms with Gasteiger partial charge in [-0.25, -0.2) is 4.79 Å². The van der Waals surface area contributed by atoms with Gasteiger partial charge in [0.05, 0.1) is 12.1 Å². The molecule has 1 fully saturated rings. The molecule has 0 radical (unpaired) electrons. The highest BCUT2D eigenvalue weighted by molar-refractivity contribution is 5.89. The second kappa shape index (κ2) is 5.27. The molecule has 0 spiro atoms. The summed E-state index contributed by atoms with van der Waals surface area (Å²) in [4.78, 5) is 13.8. The van der Waals surface area contributed by atoms with E-state index in [1.807, 2.05) is 19.1 Å². The fraction of sp³-hybridized carbons (Fsp3) is 0.462. The number of nitrogens with zero attached hydrogens (tertiary/aromatic N) is 1. The summed E-state index contributed by atoms with van der Waals surface area (Å²) in [5.74, 6) is 0. The summed E-state index contributed by atoms with van der Waals surface area (Å²) in [5.41, 5.74) is 7.01. The molecule has 1 saturated heterocycles. The lowest BCUT2D eigenvalue weighted by molar-refractivity contribution is 0.0929. The zero-order valence-electron chi connectivity index (χ0n) is 10.7. The summed E-state index contributed by atoms with van der Waals surface area (Å²) in [6.07, 6.45) is 0.962. The minimum Gasteiger partial charge on any atom is -0.399 e. The molecule has 0 aliphatic carbocycles. The van der Waals surface area contributed by atoms with Crippen molar-refractivity contribution in [3.05, 3.63) is 24.3 Å². The largest absolute Gasteiger partial charge is 0.399 e. The van der Waals surface area contributed by atoms with E-state index in [1.165, 1.54) is 0 Å². The lowest BCUT2D eigenvalue weighted by Gasteiger charge is -2.26. The molecule has 1 aliphatic heterocycles. The maximum absolute atomic E-state index is 12.1. The van der Waals surface area contributed by atoms with Crippen LogP contribution >= 0.6 is 0 Å². The molecule has 1 aromatic rings. The molecule has 5 heteroatoms. The lowest BCUT2D eigenvalue weighted by Crippen LogP contribution is -2.43. The molecule has 98 valence electrons. The van der Waals surface area contributed by atoms with E-state index >= 15 is 0 Å². The molecule has 5 nitrogen and oxygen atoms in total. The molecule has 1 heterocycles. The van der Waals surface area contributed by atoms with Crippen molar-refractivity contribution in [2.75, 3.05) is 24.7 Å². The van der Waals surface area contributed by atoms with Crippen LogP contribution in [-0.4, -0.2) is 36.7 Å². The molecule has 2 atom stereocenters. The second-order valence-corrected chi connectivity index (χ2v) is 4.60. The third-order valence-electron chi connectivity index (χ3n) is 3.29. The first kappa shape index (κ1) is 12.7. The minimum absolute atomic E-state index is 0.0848. The van der Waals surface area contributed by atoms with E-state index in [1.54, 1.807) is 24.1 Å². The van der Waals surface area contributed by atoms with Crippen molar-refractivity contribution < 1.29 is 9.53 Å². The van der Waals surface area contributed by atoms with Gasteiger partial charge in [-0.1, -0.05) is 6.07 Å². The van der Waals surface area contributed by atoms with Crippen LogP contribution in [0.2, 0.25) is 0 Å². The van der Waals surface area contributed by atoms with Crippen LogP contribution in [0.15, 0.2) is 24.3 Å². The number of carbonyl (C=O) groups is 1. The van der Waals surface area contributed by atoms with Crippen molar-refractivity contribution in [1.29, 1.82) is 0 Å². The van der Waals surface area contributed by atoms with Gasteiger partial charge in [0.15, 0.2) is 0 Å². The quantitative estimate of drug-likeness (QED) is 0.787. The molecule has 0 aromatic heterocycles. The smallest absolute Gasteiger partial charge is 0.321 e. The number of anilines is 2. The predicted octanol–water partition coefficient (Wildman–Crippen LogP) is 1.91. The summed E-state index contributed by atoms with van der Waals surface area (Å²) < 4.78 is 5.46. The zero-order valence-corrected chi connectivity index (χ0v) is 10.7. The number of benzene rings is 1. The molecule has 2 rings (SSSR count). The minimum atomic E-state index is -0.136. The monoisotopic (exact) mass is 249 g/mol. The van der Waals surface area contributed by atoms with Gasteiger partial charge in [0.1, 0.15) is 0 Å². The van der Waals surface area contributed by atoms with E-state index < -0.39 is 0 Å². The van der Waals surface area contributed by atoms with Gasteiger partial charge in [-0.2, -0.15) is 0 Å². The molecular weight excluding hydrogens is 230 g/mol. The van der Waals surface area contributed by atoms with E-state index in [2.05, 4.69) is 5.32 Å². The van der Waals surface area contributed by atoms with Gasteiger partial charge in [-0.15, -0.1) is 0 Å². The first-order chi connectivity index (χ1) is 8.58. The Labute approximate surface area is 107 Å². The molecule has 1 aromatic carbocycles. The fourth-order valence-electron chi connectivity index (χ4n) is 2.21. The topological polar surface area (TPSA) is 67.6 Å². The molecule has 1 aliphatic rings. The highest BCUT2D eigenvalue weighted by Gasteiger charge is 2.30. The van der Waals surface area contributed by atoms with Crippen molar-refractivity contribution in [1.82, 2.24) is 4.90 Å². The zero-order chi connectivity index (χ0) is 13.1. The van der Waals surface area contributed by atoms with Crippen LogP contribution in [0.25, 0.3) is 0 Å². The number of hydrogen-bond donors (Lipinski definition) is 2. The van der Waals surface area contributed by atoms with Crippen LogP contribution in [0, 0.1) is 0 Å². The van der Waals surface area contributed by atoms with Crippen LogP contribution in [0.5, 0.6) is 0 Å². The maximum atomic E-state index is 12.1. The number of amides is 2. The van der Waals surface area contributed by atoms with Gasteiger partial charge in [0.2, 0.25) is 0 Å². The van der Waals surface area contributed by atoms with Gasteiger partial charge >= 0.3 is 6.03 Å². The van der Waals surface area contributed by atoms with E-state index in [4.69, 9.17) is 10.5 Å². The third-order valence-corrected chi connectivity index (χ3v) is 3.29. The second-order valence-electron chi connectivity index (χ2n) is 4.60. The van der Waals surface area contributed by atoms with Gasteiger partial charge < -0.3 is 20.7 Å². The summed E-state index contributed by atoms with van der Waals surface area (Å²) >= 11 is 0. The van der Waals surface area contributed by atoms with Crippen LogP contribution in [0.3, 0.4) is 0 Å². The summed E-state index contributed by atoms with van der Waals surface area (Å²) in [6, 6.07) is 7.14. The number of likely N-dealkylation sites (N-methyl/N-ethyl adjacent to an activating group) is 1. The van der Waals surface area contributed by atoms with Crippen molar-refractivity contribution in [2.24, 2.45) is 0 Å². The molecule has 2 amide bonds. The highest BCUT2D eigenvalue weighted by atomic mass is 16.5. The maximum Gasteiger partial charge on any atom is 0.321 e. The van der Waals surface area contributed by atoms with Crippen molar-refractivity contribution >= 4 is 17.4 Å². The third kappa shape index (κ3) is 2.73. The number of rotatable bonds is 2. The number of urea groups is 1. The molecule has 3 N–H and O–H groups in total. The van der Waals surface area contributed by atoms with Crippen molar-refractivity contribution in [3.8, 4) is 0 Å². The van der Waals surface area contributed by atoms with E-state index in [-0.39, 0.29) is 18.2 Å². The first-order valence-electron chi connectivity index (χ1n) is 6.09. The van der Waals surface area contributed by atoms with Gasteiger partial charge in [-0.3, -0.25) is 0 Å². The Morgan fingerprint density at radius 3 is 2.94 bits per heavy atom. The standard InChI is InChI=1S/C13H19N3O2/c1-9-12(6-7-18-9)16(2)13(17)15-11-5-3-4-10(14)8-11/h3-5,8-9,12H,6-7,14H2,1-2H3,(H,15,17). The van der Waals surface area contributed by atoms with E-state index in [0.717, 1.165) is 6.42 Å². The van der Waals surface area contributed by atoms with Crippen molar-refractivity contribution in [2.45, 2.75) is 25.5 Å². The van der Waals surface area contributed by atoms with Gasteiger partial charge in [-0.05, 0) is 31.5 Å². The average Bonchev–Trinajstić information content (AvgIpc) is 2.74. The Hall–Kier alpha value is -1.75. The molecule has 0 saturated carbocycles. The highest BCUT2D eigenvalue weighted by Crippen LogP contribution is 2.19. The number of ether oxygens (including phenoxy) is 1. The summed E-state index contributed by atoms with van der Waals surface area (Å²) in [6.45, 7) is 2.70. The van der Waals surface area contributed by atoms with Crippen LogP contribution < -0.4 is 11.1 Å². The Kier molecular flexibility index (Phi) is 3.72. The fourth-order valence-corrected chi connectivity index (χ4v) is 2.21. The van der Waals surface area contributed by atoms with E-state index in [0.29, 0.717) is 18.0 Å². The number of nitrogens with two attached hydrogens (primary N) is 1. The van der Waals surface area contributed by atoms with E-state index in [9.17, 15) is 4.79 Å². The predicted molar refractivity (Wildman–Crippen MR) is 71.5 cm³/mol. The number of hydrogen-bond acceptors (Lipinski definition) is 3. The van der Waals surface area contributed by atoms with Gasteiger partial charge in [0.25, 0.3) is 0 Å². The molecule has 0 bridgehead atoms. The number of nitrogens with one attached hydrogen (secondary N) is 1. The molecular formula is C13H19N3O2. The molecule has 18 heavy (non-hydrogen) atoms. The lowest BCUT2D eigenvalue weighted by atomic mass is 10.1. The number of nitrogen functional groups attached to an aromatic ring is 1. The SMILES string of the molecule is CC1OCCC1N(C)C(=O)Nc1cccc(N)c1. The Morgan fingerprint density at radius 2 is 2.33 bits per heavy atom. The van der Waals surface area contributed by atoms with Crippen molar-refractivity contribution in [3.63, 3.8) is 0 Å². The average molecular weight is 249 g/mol. The Bertz CT molecular complexity index is 436. The Morgan fingerprint density at radius 1 is 1.56 bits per heavy atom. The summed E-state index contributed by atoms with van der Waals surface area (Å²) in [7, 11) is 1.79. The normalized spacial score (nSPS) is 22.8. The van der Waals surface area contributed by atoms with Crippen LogP contribution in [0.1, 0.15) is 13.3 Å². The molecule has 2 unspecified atom stereocenters. The van der Waals surface area contributed by atoms with Crippen LogP contribution in [0.4, 0.5) is 16.2 Å².